The van der Waals surface area contributed by atoms with Crippen LogP contribution in [0.3, 0.4) is 0 Å². The average molecular weight is 404 g/mol. The first-order chi connectivity index (χ1) is 13.2. The van der Waals surface area contributed by atoms with E-state index >= 15 is 0 Å². The summed E-state index contributed by atoms with van der Waals surface area (Å²) in [7, 11) is 1.67. The van der Waals surface area contributed by atoms with Crippen molar-refractivity contribution in [2.75, 3.05) is 31.6 Å². The molecule has 1 aromatic carbocycles. The van der Waals surface area contributed by atoms with Gasteiger partial charge in [0, 0.05) is 49.2 Å². The molecule has 0 radical (unpaired) electrons. The summed E-state index contributed by atoms with van der Waals surface area (Å²) in [6, 6.07) is 8.08. The minimum absolute atomic E-state index is 0.00405. The molecule has 0 spiro atoms. The summed E-state index contributed by atoms with van der Waals surface area (Å²) in [4.78, 5) is 21.3. The molecule has 1 saturated heterocycles. The minimum Gasteiger partial charge on any atom is -0.497 e. The first-order valence-corrected chi connectivity index (χ1v) is 10.3. The van der Waals surface area contributed by atoms with Gasteiger partial charge < -0.3 is 19.9 Å². The maximum Gasteiger partial charge on any atom is 0.318 e. The number of rotatable bonds is 4. The van der Waals surface area contributed by atoms with Gasteiger partial charge in [0.1, 0.15) is 11.6 Å². The Hall–Kier alpha value is -2.35. The maximum absolute atomic E-state index is 12.5. The van der Waals surface area contributed by atoms with Crippen LogP contribution in [0.4, 0.5) is 9.93 Å². The Balaban J connectivity index is 1.61. The van der Waals surface area contributed by atoms with Crippen molar-refractivity contribution in [3.8, 4) is 5.75 Å². The van der Waals surface area contributed by atoms with Gasteiger partial charge in [0.15, 0.2) is 0 Å². The van der Waals surface area contributed by atoms with Crippen molar-refractivity contribution in [2.45, 2.75) is 45.7 Å². The zero-order valence-electron chi connectivity index (χ0n) is 17.2. The number of carbonyl (C=O) groups is 1. The number of nitrogens with zero attached hydrogens (tertiary/aromatic N) is 4. The summed E-state index contributed by atoms with van der Waals surface area (Å²) < 4.78 is 9.81. The predicted molar refractivity (Wildman–Crippen MR) is 112 cm³/mol. The third kappa shape index (κ3) is 5.13. The molecule has 1 atom stereocenters. The standard InChI is InChI=1S/C20H29N5O2S/c1-14-13-24(9-10-25(14)18(26)22-20(2,3)4)19-21-17(23-28-19)12-15-7-6-8-16(11-15)27-5/h6-8,11,14H,9-10,12-13H2,1-5H3,(H,22,26). The molecule has 28 heavy (non-hydrogen) atoms. The highest BCUT2D eigenvalue weighted by Crippen LogP contribution is 2.23. The molecule has 1 aromatic heterocycles. The third-order valence-corrected chi connectivity index (χ3v) is 5.41. The van der Waals surface area contributed by atoms with E-state index in [9.17, 15) is 4.79 Å². The molecule has 2 amide bonds. The number of hydrogen-bond acceptors (Lipinski definition) is 6. The highest BCUT2D eigenvalue weighted by molar-refractivity contribution is 7.09. The summed E-state index contributed by atoms with van der Waals surface area (Å²) in [6.45, 7) is 10.3. The summed E-state index contributed by atoms with van der Waals surface area (Å²) in [5.41, 5.74) is 0.892. The quantitative estimate of drug-likeness (QED) is 0.849. The van der Waals surface area contributed by atoms with Crippen molar-refractivity contribution in [1.82, 2.24) is 19.6 Å². The number of methoxy groups -OCH3 is 1. The molecule has 7 nitrogen and oxygen atoms in total. The van der Waals surface area contributed by atoms with Crippen LogP contribution in [0.5, 0.6) is 5.75 Å². The molecule has 152 valence electrons. The highest BCUT2D eigenvalue weighted by Gasteiger charge is 2.30. The van der Waals surface area contributed by atoms with Gasteiger partial charge in [-0.05, 0) is 45.4 Å². The van der Waals surface area contributed by atoms with Gasteiger partial charge in [-0.15, -0.1) is 0 Å². The van der Waals surface area contributed by atoms with E-state index in [0.29, 0.717) is 13.0 Å². The fraction of sp³-hybridized carbons (Fsp3) is 0.550. The van der Waals surface area contributed by atoms with E-state index < -0.39 is 0 Å². The summed E-state index contributed by atoms with van der Waals surface area (Å²) >= 11 is 1.42. The van der Waals surface area contributed by atoms with E-state index in [1.54, 1.807) is 7.11 Å². The van der Waals surface area contributed by atoms with Crippen LogP contribution in [0.15, 0.2) is 24.3 Å². The molecular weight excluding hydrogens is 374 g/mol. The molecule has 2 aromatic rings. The zero-order chi connectivity index (χ0) is 20.3. The molecule has 0 bridgehead atoms. The monoisotopic (exact) mass is 403 g/mol. The predicted octanol–water partition coefficient (Wildman–Crippen LogP) is 3.16. The summed E-state index contributed by atoms with van der Waals surface area (Å²) in [6.07, 6.45) is 0.678. The first kappa shape index (κ1) is 20.4. The third-order valence-electron chi connectivity index (χ3n) is 4.59. The van der Waals surface area contributed by atoms with E-state index in [1.807, 2.05) is 43.9 Å². The van der Waals surface area contributed by atoms with Gasteiger partial charge in [0.25, 0.3) is 0 Å². The van der Waals surface area contributed by atoms with Crippen molar-refractivity contribution >= 4 is 22.7 Å². The Morgan fingerprint density at radius 1 is 1.36 bits per heavy atom. The largest absolute Gasteiger partial charge is 0.497 e. The van der Waals surface area contributed by atoms with Crippen LogP contribution in [0, 0.1) is 0 Å². The van der Waals surface area contributed by atoms with Gasteiger partial charge in [-0.1, -0.05) is 12.1 Å². The summed E-state index contributed by atoms with van der Waals surface area (Å²) in [5, 5.41) is 3.96. The Labute approximate surface area is 170 Å². The number of aromatic nitrogens is 2. The number of hydrogen-bond donors (Lipinski definition) is 1. The number of urea groups is 1. The van der Waals surface area contributed by atoms with Crippen LogP contribution < -0.4 is 15.0 Å². The second kappa shape index (κ2) is 8.34. The number of piperazine rings is 1. The lowest BCUT2D eigenvalue weighted by Crippen LogP contribution is -2.59. The highest BCUT2D eigenvalue weighted by atomic mass is 32.1. The lowest BCUT2D eigenvalue weighted by Gasteiger charge is -2.40. The van der Waals surface area contributed by atoms with Crippen LogP contribution in [0.25, 0.3) is 0 Å². The number of ether oxygens (including phenoxy) is 1. The van der Waals surface area contributed by atoms with Gasteiger partial charge in [0.05, 0.1) is 7.11 Å². The van der Waals surface area contributed by atoms with E-state index in [1.165, 1.54) is 11.5 Å². The molecule has 1 aliphatic heterocycles. The second-order valence-corrected chi connectivity index (χ2v) is 8.92. The molecule has 2 heterocycles. The van der Waals surface area contributed by atoms with Crippen LogP contribution >= 0.6 is 11.5 Å². The molecule has 1 fully saturated rings. The maximum atomic E-state index is 12.5. The zero-order valence-corrected chi connectivity index (χ0v) is 18.0. The number of amides is 2. The molecule has 1 aliphatic rings. The van der Waals surface area contributed by atoms with Crippen molar-refractivity contribution in [3.05, 3.63) is 35.7 Å². The Bertz CT molecular complexity index is 817. The second-order valence-electron chi connectivity index (χ2n) is 8.19. The first-order valence-electron chi connectivity index (χ1n) is 9.54. The molecule has 0 saturated carbocycles. The normalized spacial score (nSPS) is 17.5. The van der Waals surface area contributed by atoms with Crippen molar-refractivity contribution in [2.24, 2.45) is 0 Å². The fourth-order valence-electron chi connectivity index (χ4n) is 3.24. The molecule has 1 N–H and O–H groups in total. The lowest BCUT2D eigenvalue weighted by molar-refractivity contribution is 0.163. The number of nitrogens with one attached hydrogen (secondary N) is 1. The Morgan fingerprint density at radius 3 is 2.82 bits per heavy atom. The van der Waals surface area contributed by atoms with E-state index in [2.05, 4.69) is 27.6 Å². The fourth-order valence-corrected chi connectivity index (χ4v) is 3.96. The minimum atomic E-state index is -0.234. The summed E-state index contributed by atoms with van der Waals surface area (Å²) in [5.74, 6) is 1.65. The molecule has 1 unspecified atom stereocenters. The topological polar surface area (TPSA) is 70.6 Å². The van der Waals surface area contributed by atoms with Crippen molar-refractivity contribution in [1.29, 1.82) is 0 Å². The van der Waals surface area contributed by atoms with Crippen molar-refractivity contribution in [3.63, 3.8) is 0 Å². The molecular formula is C20H29N5O2S. The smallest absolute Gasteiger partial charge is 0.318 e. The van der Waals surface area contributed by atoms with Gasteiger partial charge in [-0.3, -0.25) is 0 Å². The number of anilines is 1. The Kier molecular flexibility index (Phi) is 6.07. The SMILES string of the molecule is COc1cccc(Cc2nsc(N3CCN(C(=O)NC(C)(C)C)C(C)C3)n2)c1. The Morgan fingerprint density at radius 2 is 2.14 bits per heavy atom. The number of benzene rings is 1. The lowest BCUT2D eigenvalue weighted by atomic mass is 10.1. The van der Waals surface area contributed by atoms with E-state index in [0.717, 1.165) is 35.4 Å². The van der Waals surface area contributed by atoms with E-state index in [-0.39, 0.29) is 17.6 Å². The molecule has 3 rings (SSSR count). The van der Waals surface area contributed by atoms with E-state index in [4.69, 9.17) is 9.72 Å². The van der Waals surface area contributed by atoms with Gasteiger partial charge in [-0.2, -0.15) is 4.37 Å². The van der Waals surface area contributed by atoms with Crippen LogP contribution in [-0.4, -0.2) is 58.6 Å². The van der Waals surface area contributed by atoms with Gasteiger partial charge in [0.2, 0.25) is 5.13 Å². The van der Waals surface area contributed by atoms with Gasteiger partial charge >= 0.3 is 6.03 Å². The molecule has 8 heteroatoms. The van der Waals surface area contributed by atoms with Crippen LogP contribution in [-0.2, 0) is 6.42 Å². The van der Waals surface area contributed by atoms with Crippen molar-refractivity contribution < 1.29 is 9.53 Å². The van der Waals surface area contributed by atoms with Gasteiger partial charge in [-0.25, -0.2) is 9.78 Å². The molecule has 0 aliphatic carbocycles. The van der Waals surface area contributed by atoms with Crippen LogP contribution in [0.1, 0.15) is 39.1 Å². The van der Waals surface area contributed by atoms with Crippen LogP contribution in [0.2, 0.25) is 0 Å². The number of carbonyl (C=O) groups excluding carboxylic acids is 1. The average Bonchev–Trinajstić information content (AvgIpc) is 3.08.